The lowest BCUT2D eigenvalue weighted by molar-refractivity contribution is -0.128. The SMILES string of the molecule is CC[C@@H](Oc1cccc(C)c1C)C(=O)NCc1ccc(Cl)cc1. The van der Waals surface area contributed by atoms with E-state index in [1.54, 1.807) is 0 Å². The van der Waals surface area contributed by atoms with Gasteiger partial charge >= 0.3 is 0 Å². The Hall–Kier alpha value is -2.00. The number of ether oxygens (including phenoxy) is 1. The zero-order valence-corrected chi connectivity index (χ0v) is 14.5. The second-order valence-corrected chi connectivity index (χ2v) is 5.99. The van der Waals surface area contributed by atoms with Gasteiger partial charge in [-0.2, -0.15) is 0 Å². The first-order valence-corrected chi connectivity index (χ1v) is 8.14. The van der Waals surface area contributed by atoms with Gasteiger partial charge in [-0.3, -0.25) is 4.79 Å². The molecular formula is C19H22ClNO2. The molecule has 23 heavy (non-hydrogen) atoms. The molecule has 0 aliphatic carbocycles. The minimum absolute atomic E-state index is 0.108. The van der Waals surface area contributed by atoms with E-state index >= 15 is 0 Å². The molecule has 0 bridgehead atoms. The number of rotatable bonds is 6. The maximum absolute atomic E-state index is 12.4. The number of hydrogen-bond acceptors (Lipinski definition) is 2. The Morgan fingerprint density at radius 1 is 1.17 bits per heavy atom. The van der Waals surface area contributed by atoms with Crippen molar-refractivity contribution in [3.05, 3.63) is 64.2 Å². The second-order valence-electron chi connectivity index (χ2n) is 5.56. The van der Waals surface area contributed by atoms with Crippen molar-refractivity contribution >= 4 is 17.5 Å². The summed E-state index contributed by atoms with van der Waals surface area (Å²) in [5.41, 5.74) is 3.22. The van der Waals surface area contributed by atoms with E-state index in [0.29, 0.717) is 18.0 Å². The summed E-state index contributed by atoms with van der Waals surface area (Å²) >= 11 is 5.86. The molecule has 2 aromatic rings. The first kappa shape index (κ1) is 17.4. The molecule has 4 heteroatoms. The minimum Gasteiger partial charge on any atom is -0.480 e. The molecule has 0 spiro atoms. The summed E-state index contributed by atoms with van der Waals surface area (Å²) in [5, 5.41) is 3.60. The van der Waals surface area contributed by atoms with Gasteiger partial charge in [-0.25, -0.2) is 0 Å². The van der Waals surface area contributed by atoms with Crippen LogP contribution in [0.25, 0.3) is 0 Å². The molecule has 1 N–H and O–H groups in total. The van der Waals surface area contributed by atoms with E-state index in [1.165, 1.54) is 0 Å². The van der Waals surface area contributed by atoms with Crippen LogP contribution in [0.5, 0.6) is 5.75 Å². The number of hydrogen-bond donors (Lipinski definition) is 1. The molecule has 0 heterocycles. The highest BCUT2D eigenvalue weighted by atomic mass is 35.5. The highest BCUT2D eigenvalue weighted by molar-refractivity contribution is 6.30. The van der Waals surface area contributed by atoms with Crippen molar-refractivity contribution in [1.29, 1.82) is 0 Å². The summed E-state index contributed by atoms with van der Waals surface area (Å²) in [7, 11) is 0. The molecule has 122 valence electrons. The average molecular weight is 332 g/mol. The Balaban J connectivity index is 1.98. The number of carbonyl (C=O) groups is 1. The third-order valence-electron chi connectivity index (χ3n) is 3.87. The standard InChI is InChI=1S/C19H22ClNO2/c1-4-17(23-18-7-5-6-13(2)14(18)3)19(22)21-12-15-8-10-16(20)11-9-15/h5-11,17H,4,12H2,1-3H3,(H,21,22)/t17-/m1/s1. The fraction of sp³-hybridized carbons (Fsp3) is 0.316. The van der Waals surface area contributed by atoms with Crippen molar-refractivity contribution in [3.63, 3.8) is 0 Å². The zero-order chi connectivity index (χ0) is 16.8. The van der Waals surface area contributed by atoms with Crippen LogP contribution in [0.2, 0.25) is 5.02 Å². The van der Waals surface area contributed by atoms with E-state index < -0.39 is 6.10 Å². The highest BCUT2D eigenvalue weighted by Gasteiger charge is 2.19. The van der Waals surface area contributed by atoms with Crippen LogP contribution >= 0.6 is 11.6 Å². The van der Waals surface area contributed by atoms with E-state index in [0.717, 1.165) is 22.4 Å². The van der Waals surface area contributed by atoms with E-state index in [9.17, 15) is 4.79 Å². The van der Waals surface area contributed by atoms with Crippen molar-refractivity contribution < 1.29 is 9.53 Å². The van der Waals surface area contributed by atoms with E-state index in [-0.39, 0.29) is 5.91 Å². The third kappa shape index (κ3) is 4.73. The average Bonchev–Trinajstić information content (AvgIpc) is 2.55. The van der Waals surface area contributed by atoms with E-state index in [1.807, 2.05) is 63.2 Å². The van der Waals surface area contributed by atoms with Crippen molar-refractivity contribution in [2.24, 2.45) is 0 Å². The molecule has 0 aliphatic heterocycles. The smallest absolute Gasteiger partial charge is 0.261 e. The van der Waals surface area contributed by atoms with Gasteiger partial charge in [-0.1, -0.05) is 42.8 Å². The number of aryl methyl sites for hydroxylation is 1. The summed E-state index contributed by atoms with van der Waals surface area (Å²) in [6.07, 6.45) is 0.114. The zero-order valence-electron chi connectivity index (χ0n) is 13.7. The largest absolute Gasteiger partial charge is 0.480 e. The van der Waals surface area contributed by atoms with E-state index in [4.69, 9.17) is 16.3 Å². The molecule has 0 saturated heterocycles. The number of carbonyl (C=O) groups excluding carboxylic acids is 1. The summed E-state index contributed by atoms with van der Waals surface area (Å²) in [5.74, 6) is 0.654. The van der Waals surface area contributed by atoms with Gasteiger partial charge in [0.1, 0.15) is 5.75 Å². The second kappa shape index (κ2) is 8.02. The lowest BCUT2D eigenvalue weighted by Gasteiger charge is -2.19. The van der Waals surface area contributed by atoms with Gasteiger partial charge in [0.15, 0.2) is 6.10 Å². The molecule has 0 saturated carbocycles. The van der Waals surface area contributed by atoms with Crippen LogP contribution in [0.3, 0.4) is 0 Å². The Kier molecular flexibility index (Phi) is 6.05. The molecule has 2 rings (SSSR count). The number of nitrogens with one attached hydrogen (secondary N) is 1. The van der Waals surface area contributed by atoms with Crippen LogP contribution in [-0.4, -0.2) is 12.0 Å². The van der Waals surface area contributed by atoms with E-state index in [2.05, 4.69) is 5.32 Å². The highest BCUT2D eigenvalue weighted by Crippen LogP contribution is 2.22. The molecule has 0 aliphatic rings. The first-order chi connectivity index (χ1) is 11.0. The molecule has 0 fully saturated rings. The van der Waals surface area contributed by atoms with Crippen molar-refractivity contribution in [1.82, 2.24) is 5.32 Å². The van der Waals surface area contributed by atoms with Gasteiger partial charge in [-0.05, 0) is 55.2 Å². The third-order valence-corrected chi connectivity index (χ3v) is 4.12. The first-order valence-electron chi connectivity index (χ1n) is 7.76. The van der Waals surface area contributed by atoms with Crippen molar-refractivity contribution in [2.75, 3.05) is 0 Å². The molecule has 3 nitrogen and oxygen atoms in total. The minimum atomic E-state index is -0.497. The maximum atomic E-state index is 12.4. The summed E-state index contributed by atoms with van der Waals surface area (Å²) in [6.45, 7) is 6.44. The normalized spacial score (nSPS) is 11.8. The summed E-state index contributed by atoms with van der Waals surface area (Å²) < 4.78 is 5.91. The van der Waals surface area contributed by atoms with Gasteiger partial charge in [0.2, 0.25) is 0 Å². The van der Waals surface area contributed by atoms with Crippen LogP contribution in [-0.2, 0) is 11.3 Å². The van der Waals surface area contributed by atoms with Crippen LogP contribution in [0, 0.1) is 13.8 Å². The van der Waals surface area contributed by atoms with Crippen LogP contribution < -0.4 is 10.1 Å². The van der Waals surface area contributed by atoms with Crippen molar-refractivity contribution in [2.45, 2.75) is 39.8 Å². The predicted molar refractivity (Wildman–Crippen MR) is 93.9 cm³/mol. The Morgan fingerprint density at radius 3 is 2.52 bits per heavy atom. The molecule has 2 aromatic carbocycles. The topological polar surface area (TPSA) is 38.3 Å². The summed E-state index contributed by atoms with van der Waals surface area (Å²) in [6, 6.07) is 13.3. The molecule has 0 unspecified atom stereocenters. The Bertz CT molecular complexity index is 668. The number of amides is 1. The predicted octanol–water partition coefficient (Wildman–Crippen LogP) is 4.43. The van der Waals surface area contributed by atoms with Crippen LogP contribution in [0.15, 0.2) is 42.5 Å². The van der Waals surface area contributed by atoms with Gasteiger partial charge in [0, 0.05) is 11.6 Å². The van der Waals surface area contributed by atoms with Gasteiger partial charge in [-0.15, -0.1) is 0 Å². The van der Waals surface area contributed by atoms with Crippen LogP contribution in [0.4, 0.5) is 0 Å². The lowest BCUT2D eigenvalue weighted by Crippen LogP contribution is -2.37. The van der Waals surface area contributed by atoms with Crippen LogP contribution in [0.1, 0.15) is 30.0 Å². The molecule has 0 aromatic heterocycles. The fourth-order valence-corrected chi connectivity index (χ4v) is 2.36. The molecular weight excluding hydrogens is 310 g/mol. The Labute approximate surface area is 142 Å². The monoisotopic (exact) mass is 331 g/mol. The van der Waals surface area contributed by atoms with Crippen molar-refractivity contribution in [3.8, 4) is 5.75 Å². The molecule has 1 amide bonds. The van der Waals surface area contributed by atoms with Gasteiger partial charge in [0.25, 0.3) is 5.91 Å². The lowest BCUT2D eigenvalue weighted by atomic mass is 10.1. The van der Waals surface area contributed by atoms with Gasteiger partial charge < -0.3 is 10.1 Å². The number of benzene rings is 2. The maximum Gasteiger partial charge on any atom is 0.261 e. The fourth-order valence-electron chi connectivity index (χ4n) is 2.23. The summed E-state index contributed by atoms with van der Waals surface area (Å²) in [4.78, 5) is 12.4. The molecule has 0 radical (unpaired) electrons. The quantitative estimate of drug-likeness (QED) is 0.850. The van der Waals surface area contributed by atoms with Gasteiger partial charge in [0.05, 0.1) is 0 Å². The molecule has 1 atom stereocenters. The number of halogens is 1. The Morgan fingerprint density at radius 2 is 1.87 bits per heavy atom.